The van der Waals surface area contributed by atoms with Crippen LogP contribution in [0.4, 0.5) is 0 Å². The van der Waals surface area contributed by atoms with E-state index in [1.807, 2.05) is 18.2 Å². The van der Waals surface area contributed by atoms with E-state index in [9.17, 15) is 4.79 Å². The second-order valence-corrected chi connectivity index (χ2v) is 6.21. The average molecular weight is 383 g/mol. The number of fused-ring (bicyclic) bond motifs is 1. The summed E-state index contributed by atoms with van der Waals surface area (Å²) in [4.78, 5) is 12.2. The Morgan fingerprint density at radius 3 is 2.82 bits per heavy atom. The molecule has 1 heterocycles. The molecule has 0 bridgehead atoms. The smallest absolute Gasteiger partial charge is 0.251 e. The van der Waals surface area contributed by atoms with Crippen LogP contribution in [0.25, 0.3) is 0 Å². The standard InChI is InChI=1S/C16H13BrClNO3/c17-13-3-1-10(2-4-13)16(20)19-7-11-5-14(18)6-12-8-21-9-22-15(11)12/h1-6H,7-9H2,(H,19,20). The quantitative estimate of drug-likeness (QED) is 0.876. The first-order chi connectivity index (χ1) is 10.6. The highest BCUT2D eigenvalue weighted by Crippen LogP contribution is 2.31. The van der Waals surface area contributed by atoms with Crippen LogP contribution in [-0.2, 0) is 17.9 Å². The molecule has 0 spiro atoms. The van der Waals surface area contributed by atoms with Gasteiger partial charge in [0.2, 0.25) is 0 Å². The first kappa shape index (κ1) is 15.3. The van der Waals surface area contributed by atoms with Crippen LogP contribution in [0.15, 0.2) is 40.9 Å². The van der Waals surface area contributed by atoms with Crippen LogP contribution in [0.2, 0.25) is 5.02 Å². The molecule has 0 fully saturated rings. The Labute approximate surface area is 141 Å². The number of benzene rings is 2. The second kappa shape index (κ2) is 6.69. The maximum atomic E-state index is 12.2. The zero-order valence-electron chi connectivity index (χ0n) is 11.6. The molecule has 0 atom stereocenters. The third-order valence-corrected chi connectivity index (χ3v) is 4.04. The third-order valence-electron chi connectivity index (χ3n) is 3.30. The Morgan fingerprint density at radius 1 is 1.27 bits per heavy atom. The number of ether oxygens (including phenoxy) is 2. The van der Waals surface area contributed by atoms with E-state index in [0.29, 0.717) is 23.7 Å². The molecule has 0 saturated heterocycles. The van der Waals surface area contributed by atoms with Gasteiger partial charge in [-0.15, -0.1) is 0 Å². The van der Waals surface area contributed by atoms with Crippen molar-refractivity contribution in [1.82, 2.24) is 5.32 Å². The lowest BCUT2D eigenvalue weighted by Crippen LogP contribution is -2.24. The second-order valence-electron chi connectivity index (χ2n) is 4.85. The molecule has 0 radical (unpaired) electrons. The van der Waals surface area contributed by atoms with Gasteiger partial charge in [-0.05, 0) is 36.4 Å². The number of amides is 1. The first-order valence-corrected chi connectivity index (χ1v) is 7.86. The minimum Gasteiger partial charge on any atom is -0.467 e. The molecule has 1 aliphatic heterocycles. The topological polar surface area (TPSA) is 47.6 Å². The molecular formula is C16H13BrClNO3. The van der Waals surface area contributed by atoms with Gasteiger partial charge in [0.05, 0.1) is 6.61 Å². The van der Waals surface area contributed by atoms with Crippen molar-refractivity contribution in [2.24, 2.45) is 0 Å². The van der Waals surface area contributed by atoms with Gasteiger partial charge >= 0.3 is 0 Å². The summed E-state index contributed by atoms with van der Waals surface area (Å²) < 4.78 is 11.7. The maximum absolute atomic E-state index is 12.2. The fourth-order valence-corrected chi connectivity index (χ4v) is 2.79. The van der Waals surface area contributed by atoms with Gasteiger partial charge in [0.15, 0.2) is 6.79 Å². The molecular weight excluding hydrogens is 370 g/mol. The van der Waals surface area contributed by atoms with Crippen molar-refractivity contribution in [2.45, 2.75) is 13.2 Å². The molecule has 6 heteroatoms. The SMILES string of the molecule is O=C(NCc1cc(Cl)cc2c1OCOC2)c1ccc(Br)cc1. The third kappa shape index (κ3) is 3.43. The number of hydrogen-bond donors (Lipinski definition) is 1. The van der Waals surface area contributed by atoms with Crippen molar-refractivity contribution in [3.63, 3.8) is 0 Å². The van der Waals surface area contributed by atoms with Crippen LogP contribution in [0.1, 0.15) is 21.5 Å². The molecule has 1 amide bonds. The van der Waals surface area contributed by atoms with E-state index in [1.54, 1.807) is 18.2 Å². The number of hydrogen-bond acceptors (Lipinski definition) is 3. The first-order valence-electron chi connectivity index (χ1n) is 6.69. The lowest BCUT2D eigenvalue weighted by atomic mass is 10.1. The lowest BCUT2D eigenvalue weighted by molar-refractivity contribution is -0.0170. The van der Waals surface area contributed by atoms with Gasteiger partial charge in [0.1, 0.15) is 5.75 Å². The number of halogens is 2. The maximum Gasteiger partial charge on any atom is 0.251 e. The summed E-state index contributed by atoms with van der Waals surface area (Å²) in [7, 11) is 0. The van der Waals surface area contributed by atoms with Crippen molar-refractivity contribution in [3.8, 4) is 5.75 Å². The zero-order chi connectivity index (χ0) is 15.5. The van der Waals surface area contributed by atoms with E-state index in [0.717, 1.165) is 21.3 Å². The number of carbonyl (C=O) groups excluding carboxylic acids is 1. The largest absolute Gasteiger partial charge is 0.467 e. The summed E-state index contributed by atoms with van der Waals surface area (Å²) in [6.07, 6.45) is 0. The van der Waals surface area contributed by atoms with Gasteiger partial charge in [-0.25, -0.2) is 0 Å². The van der Waals surface area contributed by atoms with Crippen LogP contribution >= 0.6 is 27.5 Å². The Balaban J connectivity index is 1.75. The van der Waals surface area contributed by atoms with E-state index in [1.165, 1.54) is 0 Å². The van der Waals surface area contributed by atoms with E-state index < -0.39 is 0 Å². The summed E-state index contributed by atoms with van der Waals surface area (Å²) in [5.74, 6) is 0.597. The number of nitrogens with one attached hydrogen (secondary N) is 1. The number of rotatable bonds is 3. The molecule has 2 aromatic rings. The van der Waals surface area contributed by atoms with Gasteiger partial charge in [-0.2, -0.15) is 0 Å². The van der Waals surface area contributed by atoms with Crippen LogP contribution in [0.5, 0.6) is 5.75 Å². The molecule has 2 aromatic carbocycles. The van der Waals surface area contributed by atoms with Crippen molar-refractivity contribution in [3.05, 3.63) is 62.6 Å². The Morgan fingerprint density at radius 2 is 2.05 bits per heavy atom. The highest BCUT2D eigenvalue weighted by molar-refractivity contribution is 9.10. The molecule has 0 aromatic heterocycles. The van der Waals surface area contributed by atoms with E-state index in [2.05, 4.69) is 21.2 Å². The van der Waals surface area contributed by atoms with Gasteiger partial charge in [-0.1, -0.05) is 27.5 Å². The normalized spacial score (nSPS) is 13.2. The van der Waals surface area contributed by atoms with Gasteiger partial charge < -0.3 is 14.8 Å². The molecule has 1 aliphatic rings. The minimum atomic E-state index is -0.145. The fourth-order valence-electron chi connectivity index (χ4n) is 2.27. The van der Waals surface area contributed by atoms with Gasteiger partial charge in [0, 0.05) is 32.7 Å². The summed E-state index contributed by atoms with van der Waals surface area (Å²) in [6, 6.07) is 10.8. The molecule has 22 heavy (non-hydrogen) atoms. The van der Waals surface area contributed by atoms with E-state index >= 15 is 0 Å². The molecule has 1 N–H and O–H groups in total. The van der Waals surface area contributed by atoms with Crippen molar-refractivity contribution < 1.29 is 14.3 Å². The van der Waals surface area contributed by atoms with Crippen LogP contribution in [0.3, 0.4) is 0 Å². The fraction of sp³-hybridized carbons (Fsp3) is 0.188. The van der Waals surface area contributed by atoms with Crippen molar-refractivity contribution >= 4 is 33.4 Å². The summed E-state index contributed by atoms with van der Waals surface area (Å²) in [6.45, 7) is 1.02. The predicted molar refractivity (Wildman–Crippen MR) is 87.0 cm³/mol. The highest BCUT2D eigenvalue weighted by atomic mass is 79.9. The molecule has 4 nitrogen and oxygen atoms in total. The van der Waals surface area contributed by atoms with Gasteiger partial charge in [0.25, 0.3) is 5.91 Å². The molecule has 0 unspecified atom stereocenters. The minimum absolute atomic E-state index is 0.145. The average Bonchev–Trinajstić information content (AvgIpc) is 2.52. The Hall–Kier alpha value is -1.56. The summed E-state index contributed by atoms with van der Waals surface area (Å²) in [5, 5.41) is 3.48. The highest BCUT2D eigenvalue weighted by Gasteiger charge is 2.17. The monoisotopic (exact) mass is 381 g/mol. The zero-order valence-corrected chi connectivity index (χ0v) is 13.9. The Bertz CT molecular complexity index is 703. The van der Waals surface area contributed by atoms with Crippen LogP contribution < -0.4 is 10.1 Å². The molecule has 0 aliphatic carbocycles. The summed E-state index contributed by atoms with van der Waals surface area (Å²) in [5.41, 5.74) is 2.34. The van der Waals surface area contributed by atoms with E-state index in [4.69, 9.17) is 21.1 Å². The predicted octanol–water partition coefficient (Wildman–Crippen LogP) is 3.90. The number of carbonyl (C=O) groups is 1. The summed E-state index contributed by atoms with van der Waals surface area (Å²) >= 11 is 9.45. The van der Waals surface area contributed by atoms with Crippen molar-refractivity contribution in [2.75, 3.05) is 6.79 Å². The van der Waals surface area contributed by atoms with E-state index in [-0.39, 0.29) is 12.7 Å². The lowest BCUT2D eigenvalue weighted by Gasteiger charge is -2.21. The van der Waals surface area contributed by atoms with Crippen LogP contribution in [-0.4, -0.2) is 12.7 Å². The molecule has 114 valence electrons. The molecule has 3 rings (SSSR count). The Kier molecular flexibility index (Phi) is 4.66. The van der Waals surface area contributed by atoms with Gasteiger partial charge in [-0.3, -0.25) is 4.79 Å². The molecule has 0 saturated carbocycles. The van der Waals surface area contributed by atoms with Crippen molar-refractivity contribution in [1.29, 1.82) is 0 Å². The van der Waals surface area contributed by atoms with Crippen LogP contribution in [0, 0.1) is 0 Å².